The number of hydrogen-bond acceptors (Lipinski definition) is 4. The number of furan rings is 1. The van der Waals surface area contributed by atoms with E-state index in [4.69, 9.17) is 4.42 Å². The molecule has 0 fully saturated rings. The van der Waals surface area contributed by atoms with Crippen LogP contribution >= 0.6 is 0 Å². The highest BCUT2D eigenvalue weighted by Gasteiger charge is 2.51. The molecule has 8 aromatic rings. The number of nitrogens with zero attached hydrogens (tertiary/aromatic N) is 3. The van der Waals surface area contributed by atoms with Gasteiger partial charge in [-0.2, -0.15) is 0 Å². The molecule has 0 saturated carbocycles. The molecule has 3 heterocycles. The first-order valence-corrected chi connectivity index (χ1v) is 29.4. The Balaban J connectivity index is 1.22. The molecular weight excluding hydrogens is 946 g/mol. The zero-order valence-electron chi connectivity index (χ0n) is 49.8. The van der Waals surface area contributed by atoms with Crippen LogP contribution in [0.5, 0.6) is 0 Å². The molecule has 0 atom stereocenters. The third kappa shape index (κ3) is 7.66. The van der Waals surface area contributed by atoms with Crippen molar-refractivity contribution in [3.05, 3.63) is 178 Å². The van der Waals surface area contributed by atoms with Crippen LogP contribution in [0.3, 0.4) is 0 Å². The van der Waals surface area contributed by atoms with Crippen molar-refractivity contribution in [3.63, 3.8) is 0 Å². The maximum Gasteiger partial charge on any atom is 0.257 e. The van der Waals surface area contributed by atoms with Crippen molar-refractivity contribution < 1.29 is 4.42 Å². The molecule has 0 saturated heterocycles. The van der Waals surface area contributed by atoms with Gasteiger partial charge in [-0.1, -0.05) is 165 Å². The Morgan fingerprint density at radius 3 is 1.37 bits per heavy atom. The summed E-state index contributed by atoms with van der Waals surface area (Å²) >= 11 is 0. The lowest BCUT2D eigenvalue weighted by atomic mass is 9.33. The van der Waals surface area contributed by atoms with E-state index in [-0.39, 0.29) is 44.6 Å². The average molecular weight is 1030 g/mol. The van der Waals surface area contributed by atoms with Gasteiger partial charge < -0.3 is 14.2 Å². The summed E-state index contributed by atoms with van der Waals surface area (Å²) in [6.45, 7) is 38.9. The second-order valence-corrected chi connectivity index (χ2v) is 29.5. The number of anilines is 9. The van der Waals surface area contributed by atoms with E-state index < -0.39 is 0 Å². The zero-order valence-corrected chi connectivity index (χ0v) is 49.8. The van der Waals surface area contributed by atoms with Crippen LogP contribution in [-0.2, 0) is 37.9 Å². The summed E-state index contributed by atoms with van der Waals surface area (Å²) in [7, 11) is 0. The highest BCUT2D eigenvalue weighted by atomic mass is 16.4. The number of aryl methyl sites for hydroxylation is 1. The van der Waals surface area contributed by atoms with Crippen LogP contribution in [0.4, 0.5) is 51.4 Å². The molecule has 0 amide bonds. The number of benzene rings is 7. The van der Waals surface area contributed by atoms with Crippen LogP contribution in [0.15, 0.2) is 138 Å². The van der Waals surface area contributed by atoms with Crippen molar-refractivity contribution in [2.75, 3.05) is 14.7 Å². The summed E-state index contributed by atoms with van der Waals surface area (Å²) in [6.07, 6.45) is 6.89. The lowest BCUT2D eigenvalue weighted by Crippen LogP contribution is -2.61. The molecule has 398 valence electrons. The van der Waals surface area contributed by atoms with E-state index in [1.807, 2.05) is 0 Å². The molecule has 2 aliphatic heterocycles. The summed E-state index contributed by atoms with van der Waals surface area (Å²) in [5.41, 5.74) is 25.8. The second kappa shape index (κ2) is 16.8. The van der Waals surface area contributed by atoms with Crippen molar-refractivity contribution in [3.8, 4) is 0 Å². The molecule has 0 spiro atoms. The van der Waals surface area contributed by atoms with E-state index in [0.717, 1.165) is 72.0 Å². The standard InChI is InChI=1S/C73H82BN3O/c1-45-37-52-55(71(11,12)34-31-68(52,5)6)42-59(45)77-60-43-56-54(70(9,10)33-35-72(56,13)14)41-58(60)74-64-51-40-53-57(73(15,16)36-32-69(53,7)8)44-63(51)78-66(64)76(49-29-27-46(28-30-49)67(2,3)4)61-38-50(39-62(77)65(61)74)75(47-23-19-17-20-24-47)48-25-21-18-22-26-48/h17-30,37-44H,31-36H2,1-16H3. The average Bonchev–Trinajstić information content (AvgIpc) is 3.41. The molecule has 3 aliphatic carbocycles. The van der Waals surface area contributed by atoms with Gasteiger partial charge >= 0.3 is 0 Å². The maximum atomic E-state index is 7.74. The molecule has 4 nitrogen and oxygen atoms in total. The van der Waals surface area contributed by atoms with Gasteiger partial charge in [0.1, 0.15) is 5.58 Å². The van der Waals surface area contributed by atoms with Gasteiger partial charge in [0.05, 0.1) is 5.69 Å². The fraction of sp³-hybridized carbons (Fsp3) is 0.397. The van der Waals surface area contributed by atoms with Crippen LogP contribution < -0.4 is 31.1 Å². The molecule has 7 aromatic carbocycles. The lowest BCUT2D eigenvalue weighted by molar-refractivity contribution is 0.331. The molecule has 5 aliphatic rings. The maximum absolute atomic E-state index is 7.74. The van der Waals surface area contributed by atoms with Gasteiger partial charge in [0.25, 0.3) is 6.71 Å². The van der Waals surface area contributed by atoms with Gasteiger partial charge in [-0.15, -0.1) is 0 Å². The first kappa shape index (κ1) is 51.0. The van der Waals surface area contributed by atoms with Gasteiger partial charge in [0, 0.05) is 50.7 Å². The first-order chi connectivity index (χ1) is 36.7. The smallest absolute Gasteiger partial charge is 0.257 e. The Morgan fingerprint density at radius 1 is 0.436 bits per heavy atom. The van der Waals surface area contributed by atoms with Gasteiger partial charge in [-0.3, -0.25) is 4.90 Å². The summed E-state index contributed by atoms with van der Waals surface area (Å²) in [6, 6.07) is 52.1. The zero-order chi connectivity index (χ0) is 55.0. The molecule has 1 aromatic heterocycles. The predicted octanol–water partition coefficient (Wildman–Crippen LogP) is 18.6. The van der Waals surface area contributed by atoms with E-state index in [1.165, 1.54) is 89.8 Å². The summed E-state index contributed by atoms with van der Waals surface area (Å²) in [4.78, 5) is 7.73. The fourth-order valence-electron chi connectivity index (χ4n) is 14.9. The topological polar surface area (TPSA) is 22.9 Å². The summed E-state index contributed by atoms with van der Waals surface area (Å²) in [5.74, 6) is 0.920. The van der Waals surface area contributed by atoms with Crippen molar-refractivity contribution in [2.24, 2.45) is 0 Å². The Kier molecular flexibility index (Phi) is 11.0. The third-order valence-corrected chi connectivity index (χ3v) is 20.3. The molecular formula is C73H82BN3O. The van der Waals surface area contributed by atoms with Crippen molar-refractivity contribution in [1.82, 2.24) is 0 Å². The quantitative estimate of drug-likeness (QED) is 0.160. The van der Waals surface area contributed by atoms with Gasteiger partial charge in [0.2, 0.25) is 5.88 Å². The fourth-order valence-corrected chi connectivity index (χ4v) is 14.9. The Labute approximate surface area is 467 Å². The molecule has 0 N–H and O–H groups in total. The van der Waals surface area contributed by atoms with Gasteiger partial charge in [0.15, 0.2) is 0 Å². The molecule has 0 bridgehead atoms. The number of rotatable bonds is 5. The van der Waals surface area contributed by atoms with Crippen LogP contribution in [-0.4, -0.2) is 6.71 Å². The van der Waals surface area contributed by atoms with Crippen molar-refractivity contribution >= 4 is 85.5 Å². The van der Waals surface area contributed by atoms with E-state index in [2.05, 4.69) is 259 Å². The summed E-state index contributed by atoms with van der Waals surface area (Å²) in [5, 5.41) is 1.23. The van der Waals surface area contributed by atoms with E-state index in [1.54, 1.807) is 0 Å². The van der Waals surface area contributed by atoms with Crippen LogP contribution in [0.1, 0.15) is 187 Å². The minimum absolute atomic E-state index is 0.00757. The van der Waals surface area contributed by atoms with Crippen LogP contribution in [0.2, 0.25) is 0 Å². The molecule has 0 unspecified atom stereocenters. The first-order valence-electron chi connectivity index (χ1n) is 29.4. The highest BCUT2D eigenvalue weighted by Crippen LogP contribution is 2.56. The monoisotopic (exact) mass is 1030 g/mol. The SMILES string of the molecule is Cc1cc2c(cc1N1c3cc4c(cc3B3c5c1cc(N(c1ccccc1)c1ccccc1)cc5N(c1ccc(C(C)(C)C)cc1)c1oc5cc6c(cc5c13)C(C)(C)CCC6(C)C)C(C)(C)CCC4(C)C)C(C)(C)CCC2(C)C. The number of fused-ring (bicyclic) bond motifs is 9. The van der Waals surface area contributed by atoms with Gasteiger partial charge in [-0.05, 0) is 212 Å². The molecule has 0 radical (unpaired) electrons. The highest BCUT2D eigenvalue weighted by molar-refractivity contribution is 7.01. The largest absolute Gasteiger partial charge is 0.440 e. The molecule has 13 rings (SSSR count). The Bertz CT molecular complexity index is 3710. The molecule has 5 heteroatoms. The van der Waals surface area contributed by atoms with Crippen molar-refractivity contribution in [1.29, 1.82) is 0 Å². The number of hydrogen-bond donors (Lipinski definition) is 0. The predicted molar refractivity (Wildman–Crippen MR) is 334 cm³/mol. The molecule has 78 heavy (non-hydrogen) atoms. The lowest BCUT2D eigenvalue weighted by Gasteiger charge is -2.48. The minimum Gasteiger partial charge on any atom is -0.440 e. The summed E-state index contributed by atoms with van der Waals surface area (Å²) < 4.78 is 7.74. The van der Waals surface area contributed by atoms with E-state index >= 15 is 0 Å². The normalized spacial score (nSPS) is 19.5. The van der Waals surface area contributed by atoms with E-state index in [0.29, 0.717) is 0 Å². The Morgan fingerprint density at radius 2 is 0.872 bits per heavy atom. The number of para-hydroxylation sites is 2. The third-order valence-electron chi connectivity index (χ3n) is 20.3. The van der Waals surface area contributed by atoms with E-state index in [9.17, 15) is 0 Å². The van der Waals surface area contributed by atoms with Crippen molar-refractivity contribution in [2.45, 2.75) is 187 Å². The van der Waals surface area contributed by atoms with Crippen LogP contribution in [0, 0.1) is 6.92 Å². The minimum atomic E-state index is -0.129. The van der Waals surface area contributed by atoms with Gasteiger partial charge in [-0.25, -0.2) is 0 Å². The second-order valence-electron chi connectivity index (χ2n) is 29.5. The van der Waals surface area contributed by atoms with Crippen LogP contribution in [0.25, 0.3) is 11.0 Å². The Hall–Kier alpha value is -6.46.